The van der Waals surface area contributed by atoms with Crippen LogP contribution >= 0.6 is 11.6 Å². The van der Waals surface area contributed by atoms with E-state index in [2.05, 4.69) is 0 Å². The molecule has 6 heteroatoms. The average molecular weight is 348 g/mol. The van der Waals surface area contributed by atoms with Crippen molar-refractivity contribution in [3.63, 3.8) is 0 Å². The summed E-state index contributed by atoms with van der Waals surface area (Å²) in [7, 11) is -3.92. The molecule has 0 aliphatic heterocycles. The molecule has 0 amide bonds. The first-order chi connectivity index (χ1) is 10.8. The van der Waals surface area contributed by atoms with Crippen LogP contribution in [0.15, 0.2) is 46.2 Å². The van der Waals surface area contributed by atoms with Gasteiger partial charge in [-0.2, -0.15) is 5.26 Å². The summed E-state index contributed by atoms with van der Waals surface area (Å²) in [4.78, 5) is -0.369. The molecule has 0 saturated heterocycles. The molecule has 0 fully saturated rings. The number of benzene rings is 2. The van der Waals surface area contributed by atoms with Gasteiger partial charge in [-0.15, -0.1) is 0 Å². The second-order valence-electron chi connectivity index (χ2n) is 5.08. The van der Waals surface area contributed by atoms with Crippen LogP contribution in [0.1, 0.15) is 16.7 Å². The van der Waals surface area contributed by atoms with Gasteiger partial charge < -0.3 is 5.11 Å². The lowest BCUT2D eigenvalue weighted by atomic mass is 10.1. The third-order valence-electron chi connectivity index (χ3n) is 3.33. The van der Waals surface area contributed by atoms with E-state index in [9.17, 15) is 18.8 Å². The van der Waals surface area contributed by atoms with Crippen molar-refractivity contribution >= 4 is 27.5 Å². The van der Waals surface area contributed by atoms with E-state index in [1.807, 2.05) is 0 Å². The van der Waals surface area contributed by atoms with Gasteiger partial charge in [-0.1, -0.05) is 11.6 Å². The summed E-state index contributed by atoms with van der Waals surface area (Å²) in [5.41, 5.74) is 1.75. The summed E-state index contributed by atoms with van der Waals surface area (Å²) in [5, 5.41) is 19.4. The van der Waals surface area contributed by atoms with Crippen molar-refractivity contribution in [1.29, 1.82) is 5.26 Å². The van der Waals surface area contributed by atoms with Crippen LogP contribution < -0.4 is 0 Å². The first kappa shape index (κ1) is 17.1. The van der Waals surface area contributed by atoms with Crippen LogP contribution in [-0.4, -0.2) is 13.5 Å². The lowest BCUT2D eigenvalue weighted by molar-refractivity contribution is 0.467. The van der Waals surface area contributed by atoms with Gasteiger partial charge in [0, 0.05) is 5.02 Å². The second kappa shape index (κ2) is 6.45. The van der Waals surface area contributed by atoms with Crippen LogP contribution in [-0.2, 0) is 9.84 Å². The molecular weight excluding hydrogens is 334 g/mol. The third kappa shape index (κ3) is 3.55. The summed E-state index contributed by atoms with van der Waals surface area (Å²) < 4.78 is 25.1. The molecule has 0 unspecified atom stereocenters. The molecule has 0 atom stereocenters. The average Bonchev–Trinajstić information content (AvgIpc) is 2.50. The Hall–Kier alpha value is -2.29. The van der Waals surface area contributed by atoms with Gasteiger partial charge in [-0.25, -0.2) is 8.42 Å². The number of phenols is 1. The Balaban J connectivity index is 2.55. The highest BCUT2D eigenvalue weighted by Gasteiger charge is 2.21. The van der Waals surface area contributed by atoms with E-state index < -0.39 is 9.84 Å². The van der Waals surface area contributed by atoms with E-state index in [0.717, 1.165) is 0 Å². The predicted molar refractivity (Wildman–Crippen MR) is 89.8 cm³/mol. The number of hydrogen-bond acceptors (Lipinski definition) is 4. The van der Waals surface area contributed by atoms with E-state index in [0.29, 0.717) is 21.7 Å². The molecule has 0 radical (unpaired) electrons. The van der Waals surface area contributed by atoms with Crippen LogP contribution in [0.25, 0.3) is 6.08 Å². The SMILES string of the molecule is Cc1cc(/C=C(\C#N)S(=O)(=O)c2ccc(Cl)cc2)cc(C)c1O. The quantitative estimate of drug-likeness (QED) is 0.851. The number of halogens is 1. The lowest BCUT2D eigenvalue weighted by Gasteiger charge is -2.06. The van der Waals surface area contributed by atoms with Gasteiger partial charge in [0.25, 0.3) is 0 Å². The molecule has 0 heterocycles. The predicted octanol–water partition coefficient (Wildman–Crippen LogP) is 4.00. The van der Waals surface area contributed by atoms with E-state index in [1.54, 1.807) is 32.0 Å². The summed E-state index contributed by atoms with van der Waals surface area (Å²) in [6.45, 7) is 3.42. The number of aromatic hydroxyl groups is 1. The van der Waals surface area contributed by atoms with Crippen molar-refractivity contribution < 1.29 is 13.5 Å². The first-order valence-electron chi connectivity index (χ1n) is 6.68. The number of hydrogen-bond donors (Lipinski definition) is 1. The minimum Gasteiger partial charge on any atom is -0.507 e. The highest BCUT2D eigenvalue weighted by Crippen LogP contribution is 2.27. The Morgan fingerprint density at radius 3 is 2.17 bits per heavy atom. The zero-order valence-electron chi connectivity index (χ0n) is 12.5. The van der Waals surface area contributed by atoms with Crippen molar-refractivity contribution in [2.45, 2.75) is 18.7 Å². The zero-order chi connectivity index (χ0) is 17.2. The summed E-state index contributed by atoms with van der Waals surface area (Å²) in [5.74, 6) is 0.154. The maximum absolute atomic E-state index is 12.5. The van der Waals surface area contributed by atoms with Gasteiger partial charge in [-0.3, -0.25) is 0 Å². The highest BCUT2D eigenvalue weighted by molar-refractivity contribution is 7.95. The standard InChI is InChI=1S/C17H14ClNO3S/c1-11-7-13(8-12(2)17(11)20)9-16(10-19)23(21,22)15-5-3-14(18)4-6-15/h3-9,20H,1-2H3/b16-9+. The number of allylic oxidation sites excluding steroid dienone is 1. The number of phenolic OH excluding ortho intramolecular Hbond substituents is 1. The normalized spacial score (nSPS) is 12.0. The number of aryl methyl sites for hydroxylation is 2. The van der Waals surface area contributed by atoms with Crippen LogP contribution in [0.3, 0.4) is 0 Å². The smallest absolute Gasteiger partial charge is 0.216 e. The highest BCUT2D eigenvalue weighted by atomic mass is 35.5. The maximum atomic E-state index is 12.5. The molecule has 0 spiro atoms. The van der Waals surface area contributed by atoms with Crippen LogP contribution in [0.5, 0.6) is 5.75 Å². The molecule has 0 aromatic heterocycles. The summed E-state index contributed by atoms with van der Waals surface area (Å²) >= 11 is 5.76. The number of rotatable bonds is 3. The van der Waals surface area contributed by atoms with Crippen molar-refractivity contribution in [2.75, 3.05) is 0 Å². The topological polar surface area (TPSA) is 78.2 Å². The Kier molecular flexibility index (Phi) is 4.79. The van der Waals surface area contributed by atoms with E-state index >= 15 is 0 Å². The van der Waals surface area contributed by atoms with Gasteiger partial charge in [0.05, 0.1) is 4.90 Å². The Labute approximate surface area is 140 Å². The van der Waals surface area contributed by atoms with Gasteiger partial charge in [0.1, 0.15) is 16.7 Å². The number of nitrogens with zero attached hydrogens (tertiary/aromatic N) is 1. The zero-order valence-corrected chi connectivity index (χ0v) is 14.1. The minimum atomic E-state index is -3.92. The first-order valence-corrected chi connectivity index (χ1v) is 8.54. The van der Waals surface area contributed by atoms with Crippen LogP contribution in [0, 0.1) is 25.2 Å². The largest absolute Gasteiger partial charge is 0.507 e. The Bertz CT molecular complexity index is 900. The summed E-state index contributed by atoms with van der Waals surface area (Å²) in [6, 6.07) is 10.6. The Morgan fingerprint density at radius 2 is 1.70 bits per heavy atom. The number of nitriles is 1. The molecule has 4 nitrogen and oxygen atoms in total. The second-order valence-corrected chi connectivity index (χ2v) is 7.44. The van der Waals surface area contributed by atoms with Crippen molar-refractivity contribution in [3.8, 4) is 11.8 Å². The molecule has 2 rings (SSSR count). The lowest BCUT2D eigenvalue weighted by Crippen LogP contribution is -2.03. The minimum absolute atomic E-state index is 0.00178. The molecule has 23 heavy (non-hydrogen) atoms. The number of sulfone groups is 1. The van der Waals surface area contributed by atoms with Gasteiger partial charge in [-0.05, 0) is 73.0 Å². The van der Waals surface area contributed by atoms with E-state index in [1.165, 1.54) is 30.3 Å². The molecule has 0 aliphatic carbocycles. The maximum Gasteiger partial charge on any atom is 0.216 e. The Morgan fingerprint density at radius 1 is 1.17 bits per heavy atom. The fourth-order valence-corrected chi connectivity index (χ4v) is 3.42. The third-order valence-corrected chi connectivity index (χ3v) is 5.27. The monoisotopic (exact) mass is 347 g/mol. The fourth-order valence-electron chi connectivity index (χ4n) is 2.13. The van der Waals surface area contributed by atoms with Crippen LogP contribution in [0.4, 0.5) is 0 Å². The molecule has 2 aromatic carbocycles. The molecular formula is C17H14ClNO3S. The molecule has 0 saturated carbocycles. The molecule has 118 valence electrons. The van der Waals surface area contributed by atoms with E-state index in [4.69, 9.17) is 11.6 Å². The van der Waals surface area contributed by atoms with Gasteiger partial charge in [0.2, 0.25) is 9.84 Å². The fraction of sp³-hybridized carbons (Fsp3) is 0.118. The molecule has 0 bridgehead atoms. The van der Waals surface area contributed by atoms with Crippen molar-refractivity contribution in [1.82, 2.24) is 0 Å². The van der Waals surface area contributed by atoms with Crippen LogP contribution in [0.2, 0.25) is 5.02 Å². The van der Waals surface area contributed by atoms with E-state index in [-0.39, 0.29) is 15.6 Å². The van der Waals surface area contributed by atoms with Gasteiger partial charge >= 0.3 is 0 Å². The summed E-state index contributed by atoms with van der Waals surface area (Å²) in [6.07, 6.45) is 1.30. The van der Waals surface area contributed by atoms with Crippen molar-refractivity contribution in [3.05, 3.63) is 63.0 Å². The van der Waals surface area contributed by atoms with Crippen molar-refractivity contribution in [2.24, 2.45) is 0 Å². The molecule has 1 N–H and O–H groups in total. The molecule has 2 aromatic rings. The molecule has 0 aliphatic rings. The van der Waals surface area contributed by atoms with Gasteiger partial charge in [0.15, 0.2) is 0 Å².